The molecule has 1 aromatic carbocycles. The fourth-order valence-corrected chi connectivity index (χ4v) is 12.4. The van der Waals surface area contributed by atoms with Crippen LogP contribution >= 0.6 is 50.5 Å². The fraction of sp³-hybridized carbons (Fsp3) is 0.621. The first-order chi connectivity index (χ1) is 20.9. The van der Waals surface area contributed by atoms with Gasteiger partial charge in [0.25, 0.3) is 10.0 Å². The van der Waals surface area contributed by atoms with Gasteiger partial charge in [0.2, 0.25) is 10.0 Å². The zero-order valence-electron chi connectivity index (χ0n) is 24.3. The first-order valence-electron chi connectivity index (χ1n) is 15.1. The van der Waals surface area contributed by atoms with Crippen molar-refractivity contribution in [2.45, 2.75) is 66.9 Å². The summed E-state index contributed by atoms with van der Waals surface area (Å²) in [5.41, 5.74) is 0.840. The molecule has 0 saturated carbocycles. The molecule has 3 saturated heterocycles. The molecule has 1 aromatic heterocycles. The minimum Gasteiger partial charge on any atom is -0.481 e. The number of hydrogen-bond acceptors (Lipinski definition) is 7. The number of carbonyl (C=O) groups is 1. The molecule has 3 fully saturated rings. The quantitative estimate of drug-likeness (QED) is 0.283. The van der Waals surface area contributed by atoms with Gasteiger partial charge in [0.05, 0.1) is 21.5 Å². The maximum Gasteiger partial charge on any atom is 0.306 e. The van der Waals surface area contributed by atoms with Gasteiger partial charge in [-0.15, -0.1) is 11.3 Å². The molecule has 244 valence electrons. The van der Waals surface area contributed by atoms with Crippen LogP contribution in [-0.2, 0) is 24.8 Å². The number of piperidine rings is 3. The molecular weight excluding hydrogens is 733 g/mol. The molecule has 5 rings (SSSR count). The average Bonchev–Trinajstić information content (AvgIpc) is 3.36. The highest BCUT2D eigenvalue weighted by molar-refractivity contribution is 9.10. The molecule has 0 bridgehead atoms. The monoisotopic (exact) mass is 769 g/mol. The van der Waals surface area contributed by atoms with Crippen molar-refractivity contribution in [3.05, 3.63) is 38.1 Å². The Bertz CT molecular complexity index is 1530. The predicted octanol–water partition coefficient (Wildman–Crippen LogP) is 6.79. The summed E-state index contributed by atoms with van der Waals surface area (Å²) in [4.78, 5) is 13.6. The van der Waals surface area contributed by atoms with Gasteiger partial charge in [0.15, 0.2) is 0 Å². The third kappa shape index (κ3) is 7.78. The van der Waals surface area contributed by atoms with Crippen LogP contribution in [0.4, 0.5) is 5.69 Å². The van der Waals surface area contributed by atoms with Gasteiger partial charge in [-0.1, -0.05) is 42.5 Å². The summed E-state index contributed by atoms with van der Waals surface area (Å²) in [5, 5.41) is 9.61. The third-order valence-corrected chi connectivity index (χ3v) is 16.4. The van der Waals surface area contributed by atoms with Crippen molar-refractivity contribution < 1.29 is 26.7 Å². The normalized spacial score (nSPS) is 20.8. The van der Waals surface area contributed by atoms with E-state index < -0.39 is 31.9 Å². The molecule has 0 radical (unpaired) electrons. The van der Waals surface area contributed by atoms with E-state index in [1.807, 2.05) is 0 Å². The first-order valence-corrected chi connectivity index (χ1v) is 20.3. The lowest BCUT2D eigenvalue weighted by Crippen LogP contribution is -2.40. The first kappa shape index (κ1) is 34.4. The third-order valence-electron chi connectivity index (χ3n) is 9.33. The van der Waals surface area contributed by atoms with Crippen molar-refractivity contribution in [3.63, 3.8) is 0 Å². The lowest BCUT2D eigenvalue weighted by molar-refractivity contribution is -0.142. The average molecular weight is 772 g/mol. The molecule has 0 atom stereocenters. The predicted molar refractivity (Wildman–Crippen MR) is 178 cm³/mol. The van der Waals surface area contributed by atoms with Crippen molar-refractivity contribution in [3.8, 4) is 0 Å². The second-order valence-electron chi connectivity index (χ2n) is 12.0. The van der Waals surface area contributed by atoms with E-state index in [2.05, 4.69) is 20.8 Å². The lowest BCUT2D eigenvalue weighted by atomic mass is 9.87. The second kappa shape index (κ2) is 14.5. The highest BCUT2D eigenvalue weighted by Crippen LogP contribution is 2.38. The van der Waals surface area contributed by atoms with Crippen molar-refractivity contribution >= 4 is 82.2 Å². The Morgan fingerprint density at radius 3 is 1.91 bits per heavy atom. The van der Waals surface area contributed by atoms with Crippen LogP contribution in [0.3, 0.4) is 0 Å². The maximum absolute atomic E-state index is 13.2. The standard InChI is InChI=1S/C29H38BrCl2N3O6S3/c30-24-19-27(42-28(24)32)44(40,41)35-14-8-21(9-15-35)3-1-2-20-6-12-33(13-7-20)26-5-4-23(18-25(26)31)43(38,39)34-16-10-22(11-17-34)29(36)37/h4-5,18-22H,1-3,6-17H2,(H,36,37). The summed E-state index contributed by atoms with van der Waals surface area (Å²) in [6.07, 6.45) is 7.86. The van der Waals surface area contributed by atoms with Gasteiger partial charge in [-0.05, 0) is 90.6 Å². The van der Waals surface area contributed by atoms with E-state index >= 15 is 0 Å². The molecule has 0 spiro atoms. The number of carboxylic acid groups (broad SMARTS) is 1. The van der Waals surface area contributed by atoms with E-state index in [1.165, 1.54) is 10.4 Å². The zero-order chi connectivity index (χ0) is 31.6. The van der Waals surface area contributed by atoms with Crippen LogP contribution in [0.2, 0.25) is 9.36 Å². The molecule has 44 heavy (non-hydrogen) atoms. The SMILES string of the molecule is O=C(O)C1CCN(S(=O)(=O)c2ccc(N3CCC(CCCC4CCN(S(=O)(=O)c5cc(Br)c(Cl)s5)CC4)CC3)c(Cl)c2)CC1. The number of hydrogen-bond donors (Lipinski definition) is 1. The molecule has 9 nitrogen and oxygen atoms in total. The second-order valence-corrected chi connectivity index (χ2v) is 19.0. The molecule has 2 aromatic rings. The Kier molecular flexibility index (Phi) is 11.3. The van der Waals surface area contributed by atoms with Crippen LogP contribution in [0.5, 0.6) is 0 Å². The number of benzene rings is 1. The van der Waals surface area contributed by atoms with Crippen molar-refractivity contribution in [2.24, 2.45) is 17.8 Å². The highest BCUT2D eigenvalue weighted by atomic mass is 79.9. The summed E-state index contributed by atoms with van der Waals surface area (Å²) in [6, 6.07) is 6.51. The van der Waals surface area contributed by atoms with Gasteiger partial charge in [0.1, 0.15) is 8.55 Å². The molecule has 15 heteroatoms. The molecule has 3 aliphatic heterocycles. The van der Waals surface area contributed by atoms with Crippen LogP contribution in [0, 0.1) is 17.8 Å². The molecule has 3 aliphatic rings. The molecule has 0 amide bonds. The Morgan fingerprint density at radius 1 is 0.841 bits per heavy atom. The summed E-state index contributed by atoms with van der Waals surface area (Å²) >= 11 is 17.1. The van der Waals surface area contributed by atoms with Gasteiger partial charge in [-0.2, -0.15) is 8.61 Å². The summed E-state index contributed by atoms with van der Waals surface area (Å²) in [5.74, 6) is -0.210. The number of sulfonamides is 2. The largest absolute Gasteiger partial charge is 0.481 e. The molecule has 4 heterocycles. The van der Waals surface area contributed by atoms with Crippen molar-refractivity contribution in [1.82, 2.24) is 8.61 Å². The number of anilines is 1. The summed E-state index contributed by atoms with van der Waals surface area (Å²) < 4.78 is 56.6. The van der Waals surface area contributed by atoms with Crippen LogP contribution in [0.15, 0.2) is 37.8 Å². The minimum atomic E-state index is -3.73. The van der Waals surface area contributed by atoms with E-state index in [9.17, 15) is 26.7 Å². The zero-order valence-corrected chi connectivity index (χ0v) is 29.9. The van der Waals surface area contributed by atoms with Crippen LogP contribution < -0.4 is 4.90 Å². The molecule has 1 N–H and O–H groups in total. The molecule has 0 unspecified atom stereocenters. The smallest absolute Gasteiger partial charge is 0.306 e. The van der Waals surface area contributed by atoms with Gasteiger partial charge in [0, 0.05) is 43.7 Å². The van der Waals surface area contributed by atoms with Crippen molar-refractivity contribution in [2.75, 3.05) is 44.2 Å². The summed E-state index contributed by atoms with van der Waals surface area (Å²) in [7, 11) is -7.24. The molecule has 0 aliphatic carbocycles. The fourth-order valence-electron chi connectivity index (χ4n) is 6.57. The molecular formula is C29H38BrCl2N3O6S3. The summed E-state index contributed by atoms with van der Waals surface area (Å²) in [6.45, 7) is 3.19. The van der Waals surface area contributed by atoms with Crippen LogP contribution in [0.1, 0.15) is 57.8 Å². The van der Waals surface area contributed by atoms with E-state index in [0.29, 0.717) is 51.6 Å². The number of rotatable bonds is 10. The Hall–Kier alpha value is -0.930. The lowest BCUT2D eigenvalue weighted by Gasteiger charge is -2.35. The number of nitrogens with zero attached hydrogens (tertiary/aromatic N) is 3. The Morgan fingerprint density at radius 2 is 1.39 bits per heavy atom. The minimum absolute atomic E-state index is 0.141. The maximum atomic E-state index is 13.2. The Balaban J connectivity index is 1.05. The van der Waals surface area contributed by atoms with Gasteiger partial charge < -0.3 is 10.0 Å². The van der Waals surface area contributed by atoms with Gasteiger partial charge in [-0.25, -0.2) is 16.8 Å². The van der Waals surface area contributed by atoms with Gasteiger partial charge in [-0.3, -0.25) is 4.79 Å². The Labute approximate surface area is 282 Å². The van der Waals surface area contributed by atoms with Gasteiger partial charge >= 0.3 is 5.97 Å². The van der Waals surface area contributed by atoms with E-state index in [1.54, 1.807) is 22.5 Å². The van der Waals surface area contributed by atoms with E-state index in [-0.39, 0.29) is 22.2 Å². The van der Waals surface area contributed by atoms with E-state index in [0.717, 1.165) is 75.1 Å². The van der Waals surface area contributed by atoms with Crippen LogP contribution in [0.25, 0.3) is 0 Å². The number of thiophene rings is 1. The topological polar surface area (TPSA) is 115 Å². The van der Waals surface area contributed by atoms with Crippen LogP contribution in [-0.4, -0.2) is 75.8 Å². The number of aliphatic carboxylic acids is 1. The number of halogens is 3. The highest BCUT2D eigenvalue weighted by Gasteiger charge is 2.33. The van der Waals surface area contributed by atoms with Crippen molar-refractivity contribution in [1.29, 1.82) is 0 Å². The van der Waals surface area contributed by atoms with E-state index in [4.69, 9.17) is 23.2 Å². The number of carboxylic acids is 1.